The third-order valence-corrected chi connectivity index (χ3v) is 3.54. The molecule has 19 heavy (non-hydrogen) atoms. The van der Waals surface area contributed by atoms with Gasteiger partial charge in [-0.3, -0.25) is 9.89 Å². The Morgan fingerprint density at radius 2 is 2.21 bits per heavy atom. The lowest BCUT2D eigenvalue weighted by Crippen LogP contribution is -2.54. The third kappa shape index (κ3) is 2.32. The minimum Gasteiger partial charge on any atom is -0.381 e. The van der Waals surface area contributed by atoms with Crippen molar-refractivity contribution in [2.75, 3.05) is 18.5 Å². The van der Waals surface area contributed by atoms with Gasteiger partial charge >= 0.3 is 0 Å². The van der Waals surface area contributed by atoms with Crippen molar-refractivity contribution in [2.45, 2.75) is 18.4 Å². The highest BCUT2D eigenvalue weighted by atomic mass is 16.5. The molecule has 1 aliphatic heterocycles. The molecule has 0 aliphatic carbocycles. The molecule has 4 N–H and O–H groups in total. The number of aromatic amines is 1. The number of hydrogen-bond donors (Lipinski definition) is 3. The smallest absolute Gasteiger partial charge is 0.244 e. The average molecular weight is 260 g/mol. The number of benzene rings is 1. The number of nitrogens with two attached hydrogens (primary N) is 1. The lowest BCUT2D eigenvalue weighted by molar-refractivity contribution is -0.124. The maximum absolute atomic E-state index is 12.2. The highest BCUT2D eigenvalue weighted by Crippen LogP contribution is 2.22. The topological polar surface area (TPSA) is 93.0 Å². The van der Waals surface area contributed by atoms with Gasteiger partial charge in [0.2, 0.25) is 5.91 Å². The second-order valence-corrected chi connectivity index (χ2v) is 4.89. The van der Waals surface area contributed by atoms with Crippen LogP contribution in [0.25, 0.3) is 10.9 Å². The fourth-order valence-corrected chi connectivity index (χ4v) is 2.24. The molecule has 1 fully saturated rings. The molecule has 0 bridgehead atoms. The van der Waals surface area contributed by atoms with Crippen molar-refractivity contribution >= 4 is 22.5 Å². The number of anilines is 1. The Bertz CT molecular complexity index is 601. The van der Waals surface area contributed by atoms with E-state index in [9.17, 15) is 4.79 Å². The lowest BCUT2D eigenvalue weighted by atomic mass is 9.90. The molecule has 1 aromatic carbocycles. The Hall–Kier alpha value is -1.92. The Labute approximate surface area is 110 Å². The summed E-state index contributed by atoms with van der Waals surface area (Å²) in [6.07, 6.45) is 2.82. The fraction of sp³-hybridized carbons (Fsp3) is 0.385. The minimum absolute atomic E-state index is 0.154. The van der Waals surface area contributed by atoms with E-state index in [4.69, 9.17) is 10.5 Å². The SMILES string of the molecule is NC1(C(=O)Nc2ccc3[nH]ncc3c2)CCOCC1. The van der Waals surface area contributed by atoms with Crippen LogP contribution in [-0.4, -0.2) is 34.9 Å². The lowest BCUT2D eigenvalue weighted by Gasteiger charge is -2.31. The number of H-pyrrole nitrogens is 1. The quantitative estimate of drug-likeness (QED) is 0.751. The third-order valence-electron chi connectivity index (χ3n) is 3.54. The van der Waals surface area contributed by atoms with Crippen LogP contribution >= 0.6 is 0 Å². The van der Waals surface area contributed by atoms with Crippen molar-refractivity contribution in [1.82, 2.24) is 10.2 Å². The van der Waals surface area contributed by atoms with Crippen LogP contribution in [0.1, 0.15) is 12.8 Å². The summed E-state index contributed by atoms with van der Waals surface area (Å²) < 4.78 is 5.24. The van der Waals surface area contributed by atoms with Crippen LogP contribution in [0.3, 0.4) is 0 Å². The Morgan fingerprint density at radius 1 is 1.42 bits per heavy atom. The summed E-state index contributed by atoms with van der Waals surface area (Å²) in [5.41, 5.74) is 6.97. The van der Waals surface area contributed by atoms with Gasteiger partial charge in [0.25, 0.3) is 0 Å². The van der Waals surface area contributed by atoms with Gasteiger partial charge in [-0.25, -0.2) is 0 Å². The van der Waals surface area contributed by atoms with Crippen molar-refractivity contribution < 1.29 is 9.53 Å². The van der Waals surface area contributed by atoms with Crippen LogP contribution in [0.4, 0.5) is 5.69 Å². The number of aromatic nitrogens is 2. The summed E-state index contributed by atoms with van der Waals surface area (Å²) in [6.45, 7) is 1.06. The zero-order chi connectivity index (χ0) is 13.3. The summed E-state index contributed by atoms with van der Waals surface area (Å²) in [6, 6.07) is 5.59. The van der Waals surface area contributed by atoms with Crippen molar-refractivity contribution in [3.05, 3.63) is 24.4 Å². The molecule has 0 spiro atoms. The molecule has 0 radical (unpaired) electrons. The average Bonchev–Trinajstić information content (AvgIpc) is 2.87. The monoisotopic (exact) mass is 260 g/mol. The highest BCUT2D eigenvalue weighted by molar-refractivity contribution is 5.99. The number of nitrogens with one attached hydrogen (secondary N) is 2. The zero-order valence-corrected chi connectivity index (χ0v) is 10.5. The number of carbonyl (C=O) groups excluding carboxylic acids is 1. The Morgan fingerprint density at radius 3 is 3.00 bits per heavy atom. The molecule has 1 aromatic heterocycles. The van der Waals surface area contributed by atoms with Gasteiger partial charge in [-0.15, -0.1) is 0 Å². The maximum Gasteiger partial charge on any atom is 0.244 e. The molecule has 0 unspecified atom stereocenters. The second kappa shape index (κ2) is 4.64. The molecule has 6 heteroatoms. The van der Waals surface area contributed by atoms with Crippen LogP contribution in [0, 0.1) is 0 Å². The normalized spacial score (nSPS) is 18.4. The van der Waals surface area contributed by atoms with Crippen LogP contribution in [-0.2, 0) is 9.53 Å². The number of fused-ring (bicyclic) bond motifs is 1. The molecular formula is C13H16N4O2. The molecule has 3 rings (SSSR count). The van der Waals surface area contributed by atoms with Gasteiger partial charge < -0.3 is 15.8 Å². The van der Waals surface area contributed by atoms with Crippen LogP contribution < -0.4 is 11.1 Å². The van der Waals surface area contributed by atoms with Crippen LogP contribution in [0.5, 0.6) is 0 Å². The molecular weight excluding hydrogens is 244 g/mol. The van der Waals surface area contributed by atoms with E-state index in [2.05, 4.69) is 15.5 Å². The molecule has 2 heterocycles. The number of amides is 1. The van der Waals surface area contributed by atoms with Crippen LogP contribution in [0.2, 0.25) is 0 Å². The maximum atomic E-state index is 12.2. The van der Waals surface area contributed by atoms with Crippen molar-refractivity contribution in [2.24, 2.45) is 5.73 Å². The highest BCUT2D eigenvalue weighted by Gasteiger charge is 2.35. The number of hydrogen-bond acceptors (Lipinski definition) is 4. The molecule has 2 aromatic rings. The molecule has 1 saturated heterocycles. The Kier molecular flexibility index (Phi) is 2.96. The van der Waals surface area contributed by atoms with E-state index in [1.165, 1.54) is 0 Å². The predicted molar refractivity (Wildman–Crippen MR) is 71.7 cm³/mol. The molecule has 100 valence electrons. The van der Waals surface area contributed by atoms with E-state index >= 15 is 0 Å². The van der Waals surface area contributed by atoms with Gasteiger partial charge in [0, 0.05) is 24.3 Å². The van der Waals surface area contributed by atoms with Gasteiger partial charge in [0.05, 0.1) is 11.7 Å². The molecule has 0 saturated carbocycles. The van der Waals surface area contributed by atoms with Gasteiger partial charge in [-0.2, -0.15) is 5.10 Å². The van der Waals surface area contributed by atoms with E-state index < -0.39 is 5.54 Å². The Balaban J connectivity index is 1.78. The van der Waals surface area contributed by atoms with Crippen molar-refractivity contribution in [1.29, 1.82) is 0 Å². The summed E-state index contributed by atoms with van der Waals surface area (Å²) in [5.74, 6) is -0.154. The van der Waals surface area contributed by atoms with Crippen molar-refractivity contribution in [3.8, 4) is 0 Å². The van der Waals surface area contributed by atoms with Gasteiger partial charge in [0.15, 0.2) is 0 Å². The van der Waals surface area contributed by atoms with E-state index in [1.807, 2.05) is 18.2 Å². The van der Waals surface area contributed by atoms with E-state index in [0.29, 0.717) is 26.1 Å². The number of carbonyl (C=O) groups is 1. The minimum atomic E-state index is -0.830. The molecule has 1 aliphatic rings. The zero-order valence-electron chi connectivity index (χ0n) is 10.5. The van der Waals surface area contributed by atoms with Crippen LogP contribution in [0.15, 0.2) is 24.4 Å². The van der Waals surface area contributed by atoms with E-state index in [1.54, 1.807) is 6.20 Å². The summed E-state index contributed by atoms with van der Waals surface area (Å²) in [5, 5.41) is 10.6. The second-order valence-electron chi connectivity index (χ2n) is 4.89. The van der Waals surface area contributed by atoms with E-state index in [-0.39, 0.29) is 5.91 Å². The summed E-state index contributed by atoms with van der Waals surface area (Å²) in [4.78, 5) is 12.2. The van der Waals surface area contributed by atoms with Crippen molar-refractivity contribution in [3.63, 3.8) is 0 Å². The number of ether oxygens (including phenoxy) is 1. The predicted octanol–water partition coefficient (Wildman–Crippen LogP) is 1.01. The molecule has 0 atom stereocenters. The number of rotatable bonds is 2. The van der Waals surface area contributed by atoms with Gasteiger partial charge in [-0.05, 0) is 31.0 Å². The molecule has 6 nitrogen and oxygen atoms in total. The summed E-state index contributed by atoms with van der Waals surface area (Å²) >= 11 is 0. The first-order chi connectivity index (χ1) is 9.17. The summed E-state index contributed by atoms with van der Waals surface area (Å²) in [7, 11) is 0. The van der Waals surface area contributed by atoms with Gasteiger partial charge in [-0.1, -0.05) is 0 Å². The van der Waals surface area contributed by atoms with Gasteiger partial charge in [0.1, 0.15) is 5.54 Å². The first kappa shape index (κ1) is 12.1. The van der Waals surface area contributed by atoms with E-state index in [0.717, 1.165) is 16.6 Å². The molecule has 1 amide bonds. The standard InChI is InChI=1S/C13H16N4O2/c14-13(3-5-19-6-4-13)12(18)16-10-1-2-11-9(7-10)8-15-17-11/h1-2,7-8H,3-6,14H2,(H,15,17)(H,16,18). The fourth-order valence-electron chi connectivity index (χ4n) is 2.24. The first-order valence-electron chi connectivity index (χ1n) is 6.29. The largest absolute Gasteiger partial charge is 0.381 e. The first-order valence-corrected chi connectivity index (χ1v) is 6.29. The number of nitrogens with zero attached hydrogens (tertiary/aromatic N) is 1.